The van der Waals surface area contributed by atoms with Crippen molar-refractivity contribution in [3.8, 4) is 6.07 Å². The molecule has 5 nitrogen and oxygen atoms in total. The number of hydrogen-bond acceptors (Lipinski definition) is 4. The minimum absolute atomic E-state index is 0.0108. The topological polar surface area (TPSA) is 101 Å². The molecule has 1 aromatic carbocycles. The molecule has 0 aliphatic rings. The van der Waals surface area contributed by atoms with Gasteiger partial charge in [0.05, 0.1) is 11.6 Å². The molecule has 0 fully saturated rings. The number of nitrogens with zero attached hydrogens (tertiary/aromatic N) is 1. The summed E-state index contributed by atoms with van der Waals surface area (Å²) in [5, 5.41) is 8.56. The summed E-state index contributed by atoms with van der Waals surface area (Å²) in [4.78, 5) is 10.5. The fourth-order valence-electron chi connectivity index (χ4n) is 1.20. The maximum atomic E-state index is 13.6. The highest BCUT2D eigenvalue weighted by atomic mass is 32.2. The van der Waals surface area contributed by atoms with E-state index in [0.29, 0.717) is 0 Å². The highest BCUT2D eigenvalue weighted by Crippen LogP contribution is 2.27. The number of amides is 1. The summed E-state index contributed by atoms with van der Waals surface area (Å²) in [5.74, 6) is -2.16. The quantitative estimate of drug-likeness (QED) is 0.874. The molecule has 0 heterocycles. The minimum Gasteiger partial charge on any atom is -0.368 e. The second-order valence-electron chi connectivity index (χ2n) is 4.14. The molecule has 1 aromatic rings. The van der Waals surface area contributed by atoms with Crippen LogP contribution in [0, 0.1) is 17.1 Å². The van der Waals surface area contributed by atoms with Gasteiger partial charge in [-0.1, -0.05) is 0 Å². The van der Waals surface area contributed by atoms with Gasteiger partial charge in [0.2, 0.25) is 5.91 Å². The van der Waals surface area contributed by atoms with Crippen LogP contribution in [-0.4, -0.2) is 19.1 Å². The van der Waals surface area contributed by atoms with E-state index >= 15 is 0 Å². The van der Waals surface area contributed by atoms with Crippen LogP contribution in [0.3, 0.4) is 0 Å². The van der Waals surface area contributed by atoms with E-state index in [0.717, 1.165) is 32.0 Å². The highest BCUT2D eigenvalue weighted by Gasteiger charge is 2.42. The van der Waals surface area contributed by atoms with Crippen molar-refractivity contribution >= 4 is 15.7 Å². The van der Waals surface area contributed by atoms with Gasteiger partial charge >= 0.3 is 0 Å². The lowest BCUT2D eigenvalue weighted by atomic mass is 10.2. The Morgan fingerprint density at radius 3 is 2.39 bits per heavy atom. The molecule has 0 aliphatic heterocycles. The van der Waals surface area contributed by atoms with Gasteiger partial charge in [-0.15, -0.1) is 0 Å². The Morgan fingerprint density at radius 2 is 2.00 bits per heavy atom. The molecule has 18 heavy (non-hydrogen) atoms. The van der Waals surface area contributed by atoms with Crippen molar-refractivity contribution in [2.24, 2.45) is 5.73 Å². The second kappa shape index (κ2) is 4.38. The number of hydrogen-bond donors (Lipinski definition) is 1. The van der Waals surface area contributed by atoms with Crippen LogP contribution in [0.5, 0.6) is 0 Å². The molecule has 1 rings (SSSR count). The van der Waals surface area contributed by atoms with Crippen molar-refractivity contribution in [3.63, 3.8) is 0 Å². The van der Waals surface area contributed by atoms with Gasteiger partial charge in [0.25, 0.3) is 0 Å². The Kier molecular flexibility index (Phi) is 3.44. The Labute approximate surface area is 104 Å². The lowest BCUT2D eigenvalue weighted by Crippen LogP contribution is -2.45. The predicted molar refractivity (Wildman–Crippen MR) is 61.6 cm³/mol. The van der Waals surface area contributed by atoms with Gasteiger partial charge in [0, 0.05) is 0 Å². The standard InChI is InChI=1S/C11H11FN2O3S/c1-11(2,10(14)15)18(16,17)9-4-3-7(6-13)5-8(9)12/h3-5H,1-2H3,(H2,14,15). The van der Waals surface area contributed by atoms with Crippen LogP contribution in [-0.2, 0) is 14.6 Å². The first-order valence-corrected chi connectivity index (χ1v) is 6.37. The Morgan fingerprint density at radius 1 is 1.44 bits per heavy atom. The SMILES string of the molecule is CC(C)(C(N)=O)S(=O)(=O)c1ccc(C#N)cc1F. The molecule has 0 spiro atoms. The normalized spacial score (nSPS) is 11.9. The Bertz CT molecular complexity index is 645. The minimum atomic E-state index is -4.25. The predicted octanol–water partition coefficient (Wildman–Crippen LogP) is 0.735. The van der Waals surface area contributed by atoms with Gasteiger partial charge in [0.15, 0.2) is 9.84 Å². The number of benzene rings is 1. The molecule has 1 amide bonds. The highest BCUT2D eigenvalue weighted by molar-refractivity contribution is 7.93. The molecule has 0 aliphatic carbocycles. The average molecular weight is 270 g/mol. The van der Waals surface area contributed by atoms with Gasteiger partial charge in [-0.2, -0.15) is 5.26 Å². The van der Waals surface area contributed by atoms with Gasteiger partial charge in [-0.3, -0.25) is 4.79 Å². The number of halogens is 1. The van der Waals surface area contributed by atoms with E-state index in [-0.39, 0.29) is 5.56 Å². The van der Waals surface area contributed by atoms with E-state index in [9.17, 15) is 17.6 Å². The smallest absolute Gasteiger partial charge is 0.238 e. The third-order valence-corrected chi connectivity index (χ3v) is 5.07. The molecule has 96 valence electrons. The first kappa shape index (κ1) is 14.1. The monoisotopic (exact) mass is 270 g/mol. The van der Waals surface area contributed by atoms with Crippen LogP contribution in [0.2, 0.25) is 0 Å². The molecule has 0 saturated heterocycles. The third kappa shape index (κ3) is 2.07. The average Bonchev–Trinajstić information content (AvgIpc) is 2.27. The maximum absolute atomic E-state index is 13.6. The molecule has 0 bridgehead atoms. The van der Waals surface area contributed by atoms with Crippen molar-refractivity contribution < 1.29 is 17.6 Å². The molecule has 2 N–H and O–H groups in total. The molecule has 0 unspecified atom stereocenters. The fraction of sp³-hybridized carbons (Fsp3) is 0.273. The molecule has 0 aromatic heterocycles. The summed E-state index contributed by atoms with van der Waals surface area (Å²) in [7, 11) is -4.25. The summed E-state index contributed by atoms with van der Waals surface area (Å²) in [6.45, 7) is 2.20. The van der Waals surface area contributed by atoms with Crippen LogP contribution < -0.4 is 5.73 Å². The third-order valence-electron chi connectivity index (χ3n) is 2.62. The Hall–Kier alpha value is -1.94. The zero-order valence-electron chi connectivity index (χ0n) is 9.77. The molecule has 7 heteroatoms. The number of carbonyl (C=O) groups is 1. The van der Waals surface area contributed by atoms with Crippen molar-refractivity contribution in [1.29, 1.82) is 5.26 Å². The van der Waals surface area contributed by atoms with E-state index in [2.05, 4.69) is 0 Å². The maximum Gasteiger partial charge on any atom is 0.238 e. The van der Waals surface area contributed by atoms with Crippen LogP contribution in [0.25, 0.3) is 0 Å². The van der Waals surface area contributed by atoms with Gasteiger partial charge in [0.1, 0.15) is 15.5 Å². The molecule has 0 radical (unpaired) electrons. The summed E-state index contributed by atoms with van der Waals surface area (Å²) < 4.78 is 35.9. The molecular weight excluding hydrogens is 259 g/mol. The fourth-order valence-corrected chi connectivity index (χ4v) is 2.57. The van der Waals surface area contributed by atoms with Gasteiger partial charge in [-0.25, -0.2) is 12.8 Å². The number of nitriles is 1. The Balaban J connectivity index is 3.49. The summed E-state index contributed by atoms with van der Waals surface area (Å²) in [6, 6.07) is 4.59. The number of primary amides is 1. The van der Waals surface area contributed by atoms with E-state index in [1.165, 1.54) is 0 Å². The lowest BCUT2D eigenvalue weighted by molar-refractivity contribution is -0.119. The zero-order chi connectivity index (χ0) is 14.1. The molecule has 0 atom stereocenters. The first-order valence-electron chi connectivity index (χ1n) is 4.89. The van der Waals surface area contributed by atoms with Crippen LogP contribution in [0.4, 0.5) is 4.39 Å². The van der Waals surface area contributed by atoms with E-state index in [4.69, 9.17) is 11.0 Å². The number of carbonyl (C=O) groups excluding carboxylic acids is 1. The summed E-state index contributed by atoms with van der Waals surface area (Å²) in [5.41, 5.74) is 5.00. The zero-order valence-corrected chi connectivity index (χ0v) is 10.6. The van der Waals surface area contributed by atoms with Crippen molar-refractivity contribution in [1.82, 2.24) is 0 Å². The number of rotatable bonds is 3. The van der Waals surface area contributed by atoms with Crippen LogP contribution in [0.1, 0.15) is 19.4 Å². The van der Waals surface area contributed by atoms with Crippen molar-refractivity contribution in [2.45, 2.75) is 23.5 Å². The van der Waals surface area contributed by atoms with Gasteiger partial charge < -0.3 is 5.73 Å². The van der Waals surface area contributed by atoms with E-state index < -0.39 is 31.2 Å². The van der Waals surface area contributed by atoms with Crippen LogP contribution >= 0.6 is 0 Å². The second-order valence-corrected chi connectivity index (χ2v) is 6.60. The number of nitrogens with two attached hydrogens (primary N) is 1. The number of sulfone groups is 1. The van der Waals surface area contributed by atoms with Gasteiger partial charge in [-0.05, 0) is 32.0 Å². The largest absolute Gasteiger partial charge is 0.368 e. The van der Waals surface area contributed by atoms with Crippen molar-refractivity contribution in [3.05, 3.63) is 29.6 Å². The first-order chi connectivity index (χ1) is 8.14. The summed E-state index contributed by atoms with van der Waals surface area (Å²) in [6.07, 6.45) is 0. The van der Waals surface area contributed by atoms with Crippen LogP contribution in [0.15, 0.2) is 23.1 Å². The van der Waals surface area contributed by atoms with Crippen molar-refractivity contribution in [2.75, 3.05) is 0 Å². The van der Waals surface area contributed by atoms with E-state index in [1.54, 1.807) is 6.07 Å². The summed E-state index contributed by atoms with van der Waals surface area (Å²) >= 11 is 0. The molecule has 0 saturated carbocycles. The van der Waals surface area contributed by atoms with E-state index in [1.807, 2.05) is 0 Å². The molecular formula is C11H11FN2O3S. The lowest BCUT2D eigenvalue weighted by Gasteiger charge is -2.21.